The van der Waals surface area contributed by atoms with Crippen LogP contribution in [0.1, 0.15) is 33.6 Å². The smallest absolute Gasteiger partial charge is 0.407 e. The summed E-state index contributed by atoms with van der Waals surface area (Å²) in [6.07, 6.45) is 1.03. The summed E-state index contributed by atoms with van der Waals surface area (Å²) < 4.78 is 5.13. The molecule has 1 aromatic heterocycles. The molecule has 0 fully saturated rings. The number of amides is 2. The Morgan fingerprint density at radius 1 is 1.12 bits per heavy atom. The molecular formula is C17H25N5O4. The molecule has 0 radical (unpaired) electrons. The second-order valence-corrected chi connectivity index (χ2v) is 6.71. The highest BCUT2D eigenvalue weighted by Gasteiger charge is 2.15. The third-order valence-corrected chi connectivity index (χ3v) is 3.23. The van der Waals surface area contributed by atoms with E-state index in [1.54, 1.807) is 0 Å². The summed E-state index contributed by atoms with van der Waals surface area (Å²) in [5.74, 6) is -0.246. The Bertz CT molecular complexity index is 738. The minimum absolute atomic E-state index is 0.149. The van der Waals surface area contributed by atoms with Gasteiger partial charge in [0.2, 0.25) is 0 Å². The highest BCUT2D eigenvalue weighted by molar-refractivity contribution is 5.77. The van der Waals surface area contributed by atoms with Gasteiger partial charge in [-0.3, -0.25) is 4.79 Å². The number of unbranched alkanes of at least 4 members (excludes halogenated alkanes) is 1. The van der Waals surface area contributed by atoms with Gasteiger partial charge in [0.05, 0.1) is 0 Å². The number of ether oxygens (including phenoxy) is 1. The molecule has 9 heteroatoms. The van der Waals surface area contributed by atoms with Gasteiger partial charge in [-0.05, 0) is 51.0 Å². The van der Waals surface area contributed by atoms with Gasteiger partial charge in [0.25, 0.3) is 5.91 Å². The van der Waals surface area contributed by atoms with Crippen molar-refractivity contribution in [1.82, 2.24) is 25.8 Å². The number of fused-ring (bicyclic) bond motifs is 1. The zero-order chi connectivity index (χ0) is 19.0. The van der Waals surface area contributed by atoms with Crippen molar-refractivity contribution in [1.29, 1.82) is 0 Å². The lowest BCUT2D eigenvalue weighted by molar-refractivity contribution is -0.126. The summed E-state index contributed by atoms with van der Waals surface area (Å²) in [6.45, 7) is 6.27. The summed E-state index contributed by atoms with van der Waals surface area (Å²) in [6, 6.07) is 7.32. The van der Waals surface area contributed by atoms with Gasteiger partial charge in [-0.2, -0.15) is 0 Å². The highest BCUT2D eigenvalue weighted by Crippen LogP contribution is 2.08. The van der Waals surface area contributed by atoms with Crippen molar-refractivity contribution in [3.8, 4) is 0 Å². The summed E-state index contributed by atoms with van der Waals surface area (Å²) in [4.78, 5) is 29.8. The third-order valence-electron chi connectivity index (χ3n) is 3.23. The molecule has 0 aliphatic heterocycles. The van der Waals surface area contributed by atoms with Gasteiger partial charge in [0.1, 0.15) is 16.6 Å². The van der Waals surface area contributed by atoms with Crippen LogP contribution in [0.5, 0.6) is 0 Å². The lowest BCUT2D eigenvalue weighted by Gasteiger charge is -2.19. The number of para-hydroxylation sites is 1. The van der Waals surface area contributed by atoms with Crippen LogP contribution in [-0.2, 0) is 9.53 Å². The monoisotopic (exact) mass is 363 g/mol. The van der Waals surface area contributed by atoms with Crippen molar-refractivity contribution in [2.45, 2.75) is 39.2 Å². The molecule has 0 saturated heterocycles. The molecule has 0 aliphatic carbocycles. The molecule has 2 rings (SSSR count). The van der Waals surface area contributed by atoms with E-state index in [4.69, 9.17) is 9.57 Å². The quantitative estimate of drug-likeness (QED) is 0.684. The Labute approximate surface area is 152 Å². The SMILES string of the molecule is CC(C)(C)OC(=O)NCCCCNC(=O)COn1nnc2ccccc21. The fourth-order valence-electron chi connectivity index (χ4n) is 2.10. The van der Waals surface area contributed by atoms with Gasteiger partial charge in [-0.15, -0.1) is 5.10 Å². The van der Waals surface area contributed by atoms with E-state index in [2.05, 4.69) is 20.9 Å². The van der Waals surface area contributed by atoms with E-state index >= 15 is 0 Å². The minimum Gasteiger partial charge on any atom is -0.444 e. The summed E-state index contributed by atoms with van der Waals surface area (Å²) in [7, 11) is 0. The van der Waals surface area contributed by atoms with Gasteiger partial charge in [-0.25, -0.2) is 4.79 Å². The van der Waals surface area contributed by atoms with Crippen molar-refractivity contribution in [2.24, 2.45) is 0 Å². The Balaban J connectivity index is 1.56. The van der Waals surface area contributed by atoms with Crippen molar-refractivity contribution in [2.75, 3.05) is 19.7 Å². The molecule has 2 N–H and O–H groups in total. The Morgan fingerprint density at radius 2 is 1.81 bits per heavy atom. The fraction of sp³-hybridized carbons (Fsp3) is 0.529. The van der Waals surface area contributed by atoms with Crippen molar-refractivity contribution in [3.05, 3.63) is 24.3 Å². The summed E-state index contributed by atoms with van der Waals surface area (Å²) in [5, 5.41) is 13.2. The molecule has 2 amide bonds. The lowest BCUT2D eigenvalue weighted by Crippen LogP contribution is -2.34. The number of rotatable bonds is 8. The topological polar surface area (TPSA) is 107 Å². The summed E-state index contributed by atoms with van der Waals surface area (Å²) >= 11 is 0. The molecule has 1 aromatic carbocycles. The number of aromatic nitrogens is 3. The molecule has 0 unspecified atom stereocenters. The standard InChI is InChI=1S/C17H25N5O4/c1-17(2,3)26-16(24)19-11-7-6-10-18-15(23)12-25-22-14-9-5-4-8-13(14)20-21-22/h4-5,8-9H,6-7,10-12H2,1-3H3,(H,18,23)(H,19,24). The first-order chi connectivity index (χ1) is 12.3. The molecule has 0 bridgehead atoms. The van der Waals surface area contributed by atoms with Crippen LogP contribution >= 0.6 is 0 Å². The normalized spacial score (nSPS) is 11.2. The van der Waals surface area contributed by atoms with Crippen LogP contribution in [0.25, 0.3) is 11.0 Å². The maximum absolute atomic E-state index is 11.8. The van der Waals surface area contributed by atoms with Crippen LogP contribution in [0.3, 0.4) is 0 Å². The van der Waals surface area contributed by atoms with E-state index in [0.29, 0.717) is 24.1 Å². The van der Waals surface area contributed by atoms with Crippen LogP contribution in [0.4, 0.5) is 4.79 Å². The van der Waals surface area contributed by atoms with Crippen LogP contribution in [0, 0.1) is 0 Å². The number of carbonyl (C=O) groups excluding carboxylic acids is 2. The second-order valence-electron chi connectivity index (χ2n) is 6.71. The molecule has 0 saturated carbocycles. The molecule has 0 spiro atoms. The summed E-state index contributed by atoms with van der Waals surface area (Å²) in [5.41, 5.74) is 0.895. The lowest BCUT2D eigenvalue weighted by atomic mass is 10.2. The highest BCUT2D eigenvalue weighted by atomic mass is 16.7. The molecule has 9 nitrogen and oxygen atoms in total. The minimum atomic E-state index is -0.506. The van der Waals surface area contributed by atoms with E-state index in [1.165, 1.54) is 4.85 Å². The van der Waals surface area contributed by atoms with E-state index in [-0.39, 0.29) is 12.5 Å². The molecule has 0 aliphatic rings. The Morgan fingerprint density at radius 3 is 2.54 bits per heavy atom. The van der Waals surface area contributed by atoms with Crippen molar-refractivity contribution >= 4 is 23.0 Å². The zero-order valence-corrected chi connectivity index (χ0v) is 15.3. The van der Waals surface area contributed by atoms with Gasteiger partial charge >= 0.3 is 6.09 Å². The fourth-order valence-corrected chi connectivity index (χ4v) is 2.10. The first kappa shape index (κ1) is 19.5. The molecule has 142 valence electrons. The average molecular weight is 363 g/mol. The van der Waals surface area contributed by atoms with Crippen molar-refractivity contribution in [3.63, 3.8) is 0 Å². The Kier molecular flexibility index (Phi) is 6.76. The zero-order valence-electron chi connectivity index (χ0n) is 15.3. The van der Waals surface area contributed by atoms with E-state index in [1.807, 2.05) is 45.0 Å². The number of nitrogens with zero attached hydrogens (tertiary/aromatic N) is 3. The van der Waals surface area contributed by atoms with Crippen molar-refractivity contribution < 1.29 is 19.2 Å². The van der Waals surface area contributed by atoms with Crippen LogP contribution < -0.4 is 15.5 Å². The third kappa shape index (κ3) is 6.58. The number of hydrogen-bond donors (Lipinski definition) is 2. The van der Waals surface area contributed by atoms with Crippen LogP contribution in [0.2, 0.25) is 0 Å². The molecule has 0 atom stereocenters. The molecule has 2 aromatic rings. The van der Waals surface area contributed by atoms with Gasteiger partial charge in [0.15, 0.2) is 6.61 Å². The molecule has 1 heterocycles. The number of benzene rings is 1. The number of nitrogens with one attached hydrogen (secondary N) is 2. The van der Waals surface area contributed by atoms with E-state index < -0.39 is 11.7 Å². The first-order valence-corrected chi connectivity index (χ1v) is 8.52. The Hall–Kier alpha value is -2.84. The van der Waals surface area contributed by atoms with Crippen LogP contribution in [-0.4, -0.2) is 52.5 Å². The predicted molar refractivity (Wildman–Crippen MR) is 95.5 cm³/mol. The first-order valence-electron chi connectivity index (χ1n) is 8.52. The number of hydrogen-bond acceptors (Lipinski definition) is 6. The largest absolute Gasteiger partial charge is 0.444 e. The second kappa shape index (κ2) is 9.02. The van der Waals surface area contributed by atoms with E-state index in [9.17, 15) is 9.59 Å². The maximum Gasteiger partial charge on any atom is 0.407 e. The number of alkyl carbamates (subject to hydrolysis) is 1. The molecule has 26 heavy (non-hydrogen) atoms. The predicted octanol–water partition coefficient (Wildman–Crippen LogP) is 1.28. The van der Waals surface area contributed by atoms with Gasteiger partial charge in [0, 0.05) is 13.1 Å². The molecular weight excluding hydrogens is 338 g/mol. The maximum atomic E-state index is 11.8. The van der Waals surface area contributed by atoms with Crippen LogP contribution in [0.15, 0.2) is 24.3 Å². The van der Waals surface area contributed by atoms with Gasteiger partial charge in [-0.1, -0.05) is 17.0 Å². The van der Waals surface area contributed by atoms with Gasteiger partial charge < -0.3 is 20.2 Å². The van der Waals surface area contributed by atoms with E-state index in [0.717, 1.165) is 12.8 Å². The number of carbonyl (C=O) groups is 2. The average Bonchev–Trinajstić information content (AvgIpc) is 2.97.